The molecule has 2 saturated heterocycles. The zero-order valence-electron chi connectivity index (χ0n) is 14.2. The van der Waals surface area contributed by atoms with Crippen molar-refractivity contribution in [1.29, 1.82) is 0 Å². The van der Waals surface area contributed by atoms with Gasteiger partial charge in [0.2, 0.25) is 5.91 Å². The molecule has 130 valence electrons. The number of carbonyl (C=O) groups excluding carboxylic acids is 2. The van der Waals surface area contributed by atoms with E-state index in [4.69, 9.17) is 10.5 Å². The largest absolute Gasteiger partial charge is 0.465 e. The molecule has 1 aromatic carbocycles. The predicted octanol–water partition coefficient (Wildman–Crippen LogP) is 2.04. The van der Waals surface area contributed by atoms with E-state index >= 15 is 0 Å². The molecule has 0 aromatic heterocycles. The maximum atomic E-state index is 12.1. The van der Waals surface area contributed by atoms with Crippen molar-refractivity contribution in [3.63, 3.8) is 0 Å². The van der Waals surface area contributed by atoms with E-state index in [0.717, 1.165) is 51.0 Å². The SMILES string of the molecule is COC(=O)c1ccc(N2CCC(N3CCCCC3=O)CC2)c(N)c1. The summed E-state index contributed by atoms with van der Waals surface area (Å²) in [4.78, 5) is 28.0. The normalized spacial score (nSPS) is 19.5. The minimum absolute atomic E-state index is 0.307. The molecule has 24 heavy (non-hydrogen) atoms. The quantitative estimate of drug-likeness (QED) is 0.677. The van der Waals surface area contributed by atoms with Gasteiger partial charge in [-0.3, -0.25) is 4.79 Å². The van der Waals surface area contributed by atoms with Crippen LogP contribution in [0.5, 0.6) is 0 Å². The molecular weight excluding hydrogens is 306 g/mol. The summed E-state index contributed by atoms with van der Waals surface area (Å²) in [7, 11) is 1.36. The van der Waals surface area contributed by atoms with Crippen LogP contribution in [0.1, 0.15) is 42.5 Å². The Morgan fingerprint density at radius 2 is 1.96 bits per heavy atom. The van der Waals surface area contributed by atoms with Gasteiger partial charge in [0, 0.05) is 32.1 Å². The first-order valence-electron chi connectivity index (χ1n) is 8.62. The third kappa shape index (κ3) is 3.32. The molecule has 2 heterocycles. The molecule has 2 fully saturated rings. The smallest absolute Gasteiger partial charge is 0.337 e. The van der Waals surface area contributed by atoms with Crippen molar-refractivity contribution in [3.8, 4) is 0 Å². The number of hydrogen-bond donors (Lipinski definition) is 1. The van der Waals surface area contributed by atoms with Crippen LogP contribution in [-0.2, 0) is 9.53 Å². The van der Waals surface area contributed by atoms with Crippen LogP contribution in [0, 0.1) is 0 Å². The number of esters is 1. The third-order valence-corrected chi connectivity index (χ3v) is 5.05. The number of ether oxygens (including phenoxy) is 1. The molecule has 2 N–H and O–H groups in total. The molecule has 1 aromatic rings. The maximum Gasteiger partial charge on any atom is 0.337 e. The van der Waals surface area contributed by atoms with Crippen LogP contribution in [-0.4, -0.2) is 49.6 Å². The van der Waals surface area contributed by atoms with Crippen LogP contribution in [0.3, 0.4) is 0 Å². The average Bonchev–Trinajstić information content (AvgIpc) is 2.61. The second-order valence-corrected chi connectivity index (χ2v) is 6.53. The minimum atomic E-state index is -0.379. The van der Waals surface area contributed by atoms with Crippen molar-refractivity contribution in [2.75, 3.05) is 37.4 Å². The number of likely N-dealkylation sites (tertiary alicyclic amines) is 1. The summed E-state index contributed by atoms with van der Waals surface area (Å²) in [6.07, 6.45) is 4.77. The minimum Gasteiger partial charge on any atom is -0.465 e. The van der Waals surface area contributed by atoms with Gasteiger partial charge < -0.3 is 20.3 Å². The number of nitrogen functional groups attached to an aromatic ring is 1. The lowest BCUT2D eigenvalue weighted by Gasteiger charge is -2.41. The van der Waals surface area contributed by atoms with Crippen molar-refractivity contribution in [3.05, 3.63) is 23.8 Å². The standard InChI is InChI=1S/C18H25N3O3/c1-24-18(23)13-5-6-16(15(19)12-13)20-10-7-14(8-11-20)21-9-3-2-4-17(21)22/h5-6,12,14H,2-4,7-11,19H2,1H3. The van der Waals surface area contributed by atoms with E-state index in [0.29, 0.717) is 29.6 Å². The van der Waals surface area contributed by atoms with Gasteiger partial charge in [-0.25, -0.2) is 4.79 Å². The molecule has 2 aliphatic heterocycles. The Labute approximate surface area is 142 Å². The van der Waals surface area contributed by atoms with Gasteiger partial charge in [-0.05, 0) is 43.9 Å². The Bertz CT molecular complexity index is 624. The zero-order valence-corrected chi connectivity index (χ0v) is 14.2. The van der Waals surface area contributed by atoms with Crippen LogP contribution in [0.25, 0.3) is 0 Å². The van der Waals surface area contributed by atoms with E-state index in [9.17, 15) is 9.59 Å². The summed E-state index contributed by atoms with van der Waals surface area (Å²) in [6, 6.07) is 5.65. The third-order valence-electron chi connectivity index (χ3n) is 5.05. The van der Waals surface area contributed by atoms with Crippen LogP contribution in [0.15, 0.2) is 18.2 Å². The molecule has 3 rings (SSSR count). The summed E-state index contributed by atoms with van der Waals surface area (Å²) in [6.45, 7) is 2.64. The first kappa shape index (κ1) is 16.6. The first-order valence-corrected chi connectivity index (χ1v) is 8.62. The van der Waals surface area contributed by atoms with E-state index < -0.39 is 0 Å². The number of carbonyl (C=O) groups is 2. The fraction of sp³-hybridized carbons (Fsp3) is 0.556. The summed E-state index contributed by atoms with van der Waals surface area (Å²) in [5.41, 5.74) is 8.13. The molecule has 0 bridgehead atoms. The number of amides is 1. The van der Waals surface area contributed by atoms with Gasteiger partial charge in [-0.1, -0.05) is 0 Å². The number of benzene rings is 1. The Kier molecular flexibility index (Phi) is 4.92. The van der Waals surface area contributed by atoms with Crippen LogP contribution in [0.4, 0.5) is 11.4 Å². The van der Waals surface area contributed by atoms with Crippen molar-refractivity contribution in [2.45, 2.75) is 38.1 Å². The first-order chi connectivity index (χ1) is 11.6. The number of nitrogens with zero attached hydrogens (tertiary/aromatic N) is 2. The van der Waals surface area contributed by atoms with Crippen LogP contribution < -0.4 is 10.6 Å². The highest BCUT2D eigenvalue weighted by molar-refractivity contribution is 5.92. The second-order valence-electron chi connectivity index (χ2n) is 6.53. The lowest BCUT2D eigenvalue weighted by Crippen LogP contribution is -2.49. The highest BCUT2D eigenvalue weighted by atomic mass is 16.5. The van der Waals surface area contributed by atoms with Gasteiger partial charge in [-0.15, -0.1) is 0 Å². The van der Waals surface area contributed by atoms with E-state index in [-0.39, 0.29) is 5.97 Å². The molecule has 0 atom stereocenters. The summed E-state index contributed by atoms with van der Waals surface area (Å²) < 4.78 is 4.72. The molecular formula is C18H25N3O3. The number of hydrogen-bond acceptors (Lipinski definition) is 5. The van der Waals surface area contributed by atoms with Gasteiger partial charge in [0.25, 0.3) is 0 Å². The summed E-state index contributed by atoms with van der Waals surface area (Å²) in [5.74, 6) is -0.0720. The second kappa shape index (κ2) is 7.11. The maximum absolute atomic E-state index is 12.1. The number of nitrogens with two attached hydrogens (primary N) is 1. The van der Waals surface area contributed by atoms with E-state index in [1.54, 1.807) is 12.1 Å². The number of piperidine rings is 2. The topological polar surface area (TPSA) is 75.9 Å². The van der Waals surface area contributed by atoms with Gasteiger partial charge in [-0.2, -0.15) is 0 Å². The molecule has 0 spiro atoms. The lowest BCUT2D eigenvalue weighted by molar-refractivity contribution is -0.136. The van der Waals surface area contributed by atoms with Crippen LogP contribution >= 0.6 is 0 Å². The summed E-state index contributed by atoms with van der Waals surface area (Å²) >= 11 is 0. The van der Waals surface area contributed by atoms with Gasteiger partial charge >= 0.3 is 5.97 Å². The van der Waals surface area contributed by atoms with E-state index in [1.165, 1.54) is 7.11 Å². The highest BCUT2D eigenvalue weighted by Gasteiger charge is 2.29. The van der Waals surface area contributed by atoms with Crippen molar-refractivity contribution in [1.82, 2.24) is 4.90 Å². The van der Waals surface area contributed by atoms with Gasteiger partial charge in [0.05, 0.1) is 24.0 Å². The molecule has 0 radical (unpaired) electrons. The van der Waals surface area contributed by atoms with Gasteiger partial charge in [0.15, 0.2) is 0 Å². The Morgan fingerprint density at radius 1 is 1.21 bits per heavy atom. The fourth-order valence-corrected chi connectivity index (χ4v) is 3.72. The molecule has 6 nitrogen and oxygen atoms in total. The van der Waals surface area contributed by atoms with E-state index in [2.05, 4.69) is 9.80 Å². The highest BCUT2D eigenvalue weighted by Crippen LogP contribution is 2.29. The molecule has 6 heteroatoms. The van der Waals surface area contributed by atoms with Crippen molar-refractivity contribution < 1.29 is 14.3 Å². The predicted molar refractivity (Wildman–Crippen MR) is 93.0 cm³/mol. The van der Waals surface area contributed by atoms with Crippen molar-refractivity contribution >= 4 is 23.3 Å². The number of methoxy groups -OCH3 is 1. The lowest BCUT2D eigenvalue weighted by atomic mass is 9.98. The van der Waals surface area contributed by atoms with Crippen LogP contribution in [0.2, 0.25) is 0 Å². The zero-order chi connectivity index (χ0) is 17.1. The molecule has 0 saturated carbocycles. The molecule has 1 amide bonds. The Balaban J connectivity index is 1.64. The molecule has 0 aliphatic carbocycles. The molecule has 0 unspecified atom stereocenters. The van der Waals surface area contributed by atoms with E-state index in [1.807, 2.05) is 6.07 Å². The number of anilines is 2. The number of rotatable bonds is 3. The Morgan fingerprint density at radius 3 is 2.58 bits per heavy atom. The average molecular weight is 331 g/mol. The van der Waals surface area contributed by atoms with Crippen molar-refractivity contribution in [2.24, 2.45) is 0 Å². The summed E-state index contributed by atoms with van der Waals surface area (Å²) in [5, 5.41) is 0. The Hall–Kier alpha value is -2.24. The fourth-order valence-electron chi connectivity index (χ4n) is 3.72. The monoisotopic (exact) mass is 331 g/mol. The van der Waals surface area contributed by atoms with Gasteiger partial charge in [0.1, 0.15) is 0 Å². The molecule has 2 aliphatic rings.